The lowest BCUT2D eigenvalue weighted by molar-refractivity contribution is -0.274. The Morgan fingerprint density at radius 3 is 2.67 bits per heavy atom. The molecule has 1 aromatic rings. The summed E-state index contributed by atoms with van der Waals surface area (Å²) in [5, 5.41) is 5.51. The monoisotopic (exact) mass is 324 g/mol. The molecular weight excluding hydrogens is 309 g/mol. The lowest BCUT2D eigenvalue weighted by Crippen LogP contribution is -2.29. The van der Waals surface area contributed by atoms with Crippen LogP contribution in [0.3, 0.4) is 0 Å². The van der Waals surface area contributed by atoms with Gasteiger partial charge in [-0.05, 0) is 37.4 Å². The molecule has 0 unspecified atom stereocenters. The van der Waals surface area contributed by atoms with Crippen LogP contribution in [0.1, 0.15) is 12.8 Å². The predicted molar refractivity (Wildman–Crippen MR) is 74.6 cm³/mol. The highest BCUT2D eigenvalue weighted by Crippen LogP contribution is 2.27. The number of nitrogens with one attached hydrogen (secondary N) is 2. The molecule has 0 aliphatic heterocycles. The first-order valence-electron chi connectivity index (χ1n) is 6.29. The molecule has 118 valence electrons. The second kappa shape index (κ2) is 7.51. The van der Waals surface area contributed by atoms with Gasteiger partial charge in [0.25, 0.3) is 0 Å². The lowest BCUT2D eigenvalue weighted by Gasteiger charge is -2.11. The number of alkyl halides is 3. The van der Waals surface area contributed by atoms with Gasteiger partial charge in [0.05, 0.1) is 6.54 Å². The number of benzene rings is 1. The van der Waals surface area contributed by atoms with Crippen molar-refractivity contribution in [3.05, 3.63) is 24.3 Å². The summed E-state index contributed by atoms with van der Waals surface area (Å²) in [6.45, 7) is 0.936. The number of carbonyl (C=O) groups is 1. The smallest absolute Gasteiger partial charge is 0.406 e. The molecular formula is C13H16ClF3N2O2. The Bertz CT molecular complexity index is 479. The zero-order valence-electron chi connectivity index (χ0n) is 11.1. The summed E-state index contributed by atoms with van der Waals surface area (Å²) in [5.74, 6) is 0.00219. The van der Waals surface area contributed by atoms with Crippen molar-refractivity contribution in [1.29, 1.82) is 0 Å². The molecule has 4 nitrogen and oxygen atoms in total. The van der Waals surface area contributed by atoms with Crippen molar-refractivity contribution in [2.45, 2.75) is 19.2 Å². The van der Waals surface area contributed by atoms with Crippen LogP contribution in [0.25, 0.3) is 0 Å². The molecule has 1 aromatic carbocycles. The summed E-state index contributed by atoms with van der Waals surface area (Å²) in [6, 6.07) is 5.19. The molecule has 0 saturated heterocycles. The van der Waals surface area contributed by atoms with Crippen molar-refractivity contribution in [3.8, 4) is 5.75 Å². The van der Waals surface area contributed by atoms with Gasteiger partial charge in [0, 0.05) is 11.8 Å². The van der Waals surface area contributed by atoms with E-state index in [0.717, 1.165) is 12.6 Å². The van der Waals surface area contributed by atoms with Gasteiger partial charge in [-0.1, -0.05) is 6.07 Å². The molecule has 0 bridgehead atoms. The van der Waals surface area contributed by atoms with Crippen molar-refractivity contribution < 1.29 is 22.7 Å². The Labute approximate surface area is 126 Å². The fourth-order valence-corrected chi connectivity index (χ4v) is 1.69. The summed E-state index contributed by atoms with van der Waals surface area (Å²) < 4.78 is 40.0. The van der Waals surface area contributed by atoms with E-state index in [9.17, 15) is 18.0 Å². The van der Waals surface area contributed by atoms with Crippen molar-refractivity contribution in [3.63, 3.8) is 0 Å². The van der Waals surface area contributed by atoms with Gasteiger partial charge in [-0.15, -0.1) is 25.6 Å². The maximum Gasteiger partial charge on any atom is 0.573 e. The predicted octanol–water partition coefficient (Wildman–Crippen LogP) is 2.95. The Hall–Kier alpha value is -1.47. The molecule has 0 spiro atoms. The molecule has 2 rings (SSSR count). The second-order valence-corrected chi connectivity index (χ2v) is 4.70. The van der Waals surface area contributed by atoms with Crippen LogP contribution >= 0.6 is 12.4 Å². The molecule has 0 atom stereocenters. The molecule has 1 fully saturated rings. The first-order valence-corrected chi connectivity index (χ1v) is 6.29. The van der Waals surface area contributed by atoms with Crippen molar-refractivity contribution >= 4 is 24.0 Å². The normalized spacial score (nSPS) is 14.2. The summed E-state index contributed by atoms with van der Waals surface area (Å²) in [6.07, 6.45) is -2.37. The van der Waals surface area contributed by atoms with Gasteiger partial charge >= 0.3 is 6.36 Å². The number of anilines is 1. The highest BCUT2D eigenvalue weighted by Gasteiger charge is 2.31. The molecule has 8 heteroatoms. The Balaban J connectivity index is 0.00000220. The van der Waals surface area contributed by atoms with E-state index in [0.29, 0.717) is 5.92 Å². The molecule has 0 aromatic heterocycles. The third kappa shape index (κ3) is 7.19. The number of ether oxygens (including phenoxy) is 1. The van der Waals surface area contributed by atoms with Crippen LogP contribution in [-0.2, 0) is 4.79 Å². The van der Waals surface area contributed by atoms with E-state index in [2.05, 4.69) is 15.4 Å². The molecule has 1 aliphatic carbocycles. The molecule has 21 heavy (non-hydrogen) atoms. The van der Waals surface area contributed by atoms with E-state index in [-0.39, 0.29) is 36.3 Å². The SMILES string of the molecule is Cl.O=C(CNCC1CC1)Nc1cccc(OC(F)(F)F)c1. The van der Waals surface area contributed by atoms with E-state index in [4.69, 9.17) is 0 Å². The quantitative estimate of drug-likeness (QED) is 0.846. The Morgan fingerprint density at radius 2 is 2.05 bits per heavy atom. The van der Waals surface area contributed by atoms with E-state index < -0.39 is 6.36 Å². The molecule has 1 saturated carbocycles. The minimum Gasteiger partial charge on any atom is -0.406 e. The van der Waals surface area contributed by atoms with Gasteiger partial charge in [-0.3, -0.25) is 4.79 Å². The maximum atomic E-state index is 12.1. The van der Waals surface area contributed by atoms with E-state index >= 15 is 0 Å². The average Bonchev–Trinajstić information content (AvgIpc) is 3.11. The average molecular weight is 325 g/mol. The minimum absolute atomic E-state index is 0. The summed E-state index contributed by atoms with van der Waals surface area (Å²) in [5.41, 5.74) is 0.268. The molecule has 2 N–H and O–H groups in total. The van der Waals surface area contributed by atoms with Crippen LogP contribution in [0, 0.1) is 5.92 Å². The summed E-state index contributed by atoms with van der Waals surface area (Å²) in [4.78, 5) is 11.6. The van der Waals surface area contributed by atoms with Gasteiger partial charge < -0.3 is 15.4 Å². The van der Waals surface area contributed by atoms with Gasteiger partial charge in [0.1, 0.15) is 5.75 Å². The minimum atomic E-state index is -4.74. The largest absolute Gasteiger partial charge is 0.573 e. The topological polar surface area (TPSA) is 50.4 Å². The summed E-state index contributed by atoms with van der Waals surface area (Å²) >= 11 is 0. The number of amides is 1. The van der Waals surface area contributed by atoms with Crippen LogP contribution in [0.4, 0.5) is 18.9 Å². The number of hydrogen-bond acceptors (Lipinski definition) is 3. The molecule has 0 heterocycles. The van der Waals surface area contributed by atoms with Crippen LogP contribution in [0.2, 0.25) is 0 Å². The first-order chi connectivity index (χ1) is 9.42. The van der Waals surface area contributed by atoms with Gasteiger partial charge in [-0.25, -0.2) is 0 Å². The van der Waals surface area contributed by atoms with E-state index in [1.54, 1.807) is 0 Å². The molecule has 1 amide bonds. The van der Waals surface area contributed by atoms with E-state index in [1.165, 1.54) is 31.0 Å². The van der Waals surface area contributed by atoms with E-state index in [1.807, 2.05) is 0 Å². The van der Waals surface area contributed by atoms with Crippen LogP contribution in [-0.4, -0.2) is 25.4 Å². The van der Waals surface area contributed by atoms with Gasteiger partial charge in [0.2, 0.25) is 5.91 Å². The van der Waals surface area contributed by atoms with Crippen LogP contribution in [0.15, 0.2) is 24.3 Å². The highest BCUT2D eigenvalue weighted by molar-refractivity contribution is 5.92. The first kappa shape index (κ1) is 17.6. The third-order valence-electron chi connectivity index (χ3n) is 2.77. The molecule has 0 radical (unpaired) electrons. The van der Waals surface area contributed by atoms with Crippen molar-refractivity contribution in [2.24, 2.45) is 5.92 Å². The van der Waals surface area contributed by atoms with Crippen molar-refractivity contribution in [1.82, 2.24) is 5.32 Å². The molecule has 1 aliphatic rings. The van der Waals surface area contributed by atoms with Crippen LogP contribution < -0.4 is 15.4 Å². The summed E-state index contributed by atoms with van der Waals surface area (Å²) in [7, 11) is 0. The second-order valence-electron chi connectivity index (χ2n) is 4.70. The number of hydrogen-bond donors (Lipinski definition) is 2. The standard InChI is InChI=1S/C13H15F3N2O2.ClH/c14-13(15,16)20-11-3-1-2-10(6-11)18-12(19)8-17-7-9-4-5-9;/h1-3,6,9,17H,4-5,7-8H2,(H,18,19);1H. The third-order valence-corrected chi connectivity index (χ3v) is 2.77. The number of halogens is 4. The Kier molecular flexibility index (Phi) is 6.29. The number of rotatable bonds is 6. The van der Waals surface area contributed by atoms with Crippen molar-refractivity contribution in [2.75, 3.05) is 18.4 Å². The lowest BCUT2D eigenvalue weighted by atomic mass is 10.3. The Morgan fingerprint density at radius 1 is 1.33 bits per heavy atom. The zero-order chi connectivity index (χ0) is 14.6. The zero-order valence-corrected chi connectivity index (χ0v) is 11.9. The fourth-order valence-electron chi connectivity index (χ4n) is 1.69. The van der Waals surface area contributed by atoms with Crippen LogP contribution in [0.5, 0.6) is 5.75 Å². The van der Waals surface area contributed by atoms with Gasteiger partial charge in [0.15, 0.2) is 0 Å². The number of carbonyl (C=O) groups excluding carboxylic acids is 1. The maximum absolute atomic E-state index is 12.1. The fraction of sp³-hybridized carbons (Fsp3) is 0.462. The highest BCUT2D eigenvalue weighted by atomic mass is 35.5. The van der Waals surface area contributed by atoms with Gasteiger partial charge in [-0.2, -0.15) is 0 Å².